The number of hydrogen-bond donors (Lipinski definition) is 1. The first kappa shape index (κ1) is 10.7. The molecule has 0 bridgehead atoms. The second-order valence-electron chi connectivity index (χ2n) is 2.34. The first-order valence-corrected chi connectivity index (χ1v) is 6.69. The molecule has 72 valence electrons. The SMILES string of the molecule is Nc1ccccc1OP(=O)(Cl)CCl. The van der Waals surface area contributed by atoms with Crippen LogP contribution in [0.5, 0.6) is 5.75 Å². The average molecular weight is 240 g/mol. The van der Waals surface area contributed by atoms with Gasteiger partial charge in [-0.25, -0.2) is 0 Å². The highest BCUT2D eigenvalue weighted by Crippen LogP contribution is 2.53. The van der Waals surface area contributed by atoms with Crippen molar-refractivity contribution in [2.75, 3.05) is 11.4 Å². The summed E-state index contributed by atoms with van der Waals surface area (Å²) >= 11 is 10.8. The number of hydrogen-bond acceptors (Lipinski definition) is 3. The average Bonchev–Trinajstić information content (AvgIpc) is 2.09. The van der Waals surface area contributed by atoms with Crippen LogP contribution in [0.15, 0.2) is 24.3 Å². The summed E-state index contributed by atoms with van der Waals surface area (Å²) in [6.07, 6.45) is 0. The summed E-state index contributed by atoms with van der Waals surface area (Å²) in [4.78, 5) is 0. The quantitative estimate of drug-likeness (QED) is 0.501. The van der Waals surface area contributed by atoms with Crippen molar-refractivity contribution in [1.29, 1.82) is 0 Å². The third-order valence-electron chi connectivity index (χ3n) is 1.30. The molecule has 2 N–H and O–H groups in total. The van der Waals surface area contributed by atoms with Gasteiger partial charge >= 0.3 is 6.72 Å². The molecule has 6 heteroatoms. The van der Waals surface area contributed by atoms with Gasteiger partial charge in [0.2, 0.25) is 0 Å². The van der Waals surface area contributed by atoms with Crippen LogP contribution in [0, 0.1) is 0 Å². The lowest BCUT2D eigenvalue weighted by Crippen LogP contribution is -1.93. The molecule has 0 saturated carbocycles. The maximum absolute atomic E-state index is 11.3. The normalized spacial score (nSPS) is 14.9. The number of nitrogen functional groups attached to an aromatic ring is 1. The fourth-order valence-corrected chi connectivity index (χ4v) is 1.61. The van der Waals surface area contributed by atoms with Gasteiger partial charge in [0.05, 0.1) is 5.69 Å². The second kappa shape index (κ2) is 4.23. The van der Waals surface area contributed by atoms with E-state index in [1.165, 1.54) is 0 Å². The largest absolute Gasteiger partial charge is 0.430 e. The van der Waals surface area contributed by atoms with Gasteiger partial charge in [-0.2, -0.15) is 0 Å². The first-order valence-electron chi connectivity index (χ1n) is 3.44. The number of para-hydroxylation sites is 2. The Bertz CT molecular complexity index is 345. The van der Waals surface area contributed by atoms with Crippen LogP contribution in [0.2, 0.25) is 0 Å². The van der Waals surface area contributed by atoms with E-state index in [4.69, 9.17) is 33.1 Å². The van der Waals surface area contributed by atoms with Crippen molar-refractivity contribution < 1.29 is 9.09 Å². The number of halogens is 2. The Morgan fingerprint density at radius 2 is 2.08 bits per heavy atom. The van der Waals surface area contributed by atoms with Crippen molar-refractivity contribution in [3.63, 3.8) is 0 Å². The Labute approximate surface area is 86.0 Å². The van der Waals surface area contributed by atoms with E-state index in [0.29, 0.717) is 11.4 Å². The summed E-state index contributed by atoms with van der Waals surface area (Å²) in [5.74, 6) is 0.293. The lowest BCUT2D eigenvalue weighted by molar-refractivity contribution is 0.503. The Balaban J connectivity index is 2.86. The van der Waals surface area contributed by atoms with Crippen LogP contribution in [0.25, 0.3) is 0 Å². The van der Waals surface area contributed by atoms with E-state index in [2.05, 4.69) is 0 Å². The highest BCUT2D eigenvalue weighted by Gasteiger charge is 2.20. The monoisotopic (exact) mass is 239 g/mol. The third kappa shape index (κ3) is 3.11. The zero-order valence-corrected chi connectivity index (χ0v) is 9.02. The van der Waals surface area contributed by atoms with E-state index in [9.17, 15) is 4.57 Å². The number of alkyl halides is 1. The Morgan fingerprint density at radius 3 is 2.62 bits per heavy atom. The molecule has 0 spiro atoms. The number of nitrogens with two attached hydrogens (primary N) is 1. The van der Waals surface area contributed by atoms with Gasteiger partial charge in [0.15, 0.2) is 5.75 Å². The molecule has 1 atom stereocenters. The van der Waals surface area contributed by atoms with Gasteiger partial charge in [-0.1, -0.05) is 12.1 Å². The summed E-state index contributed by atoms with van der Waals surface area (Å²) in [5, 5.41) is 0. The lowest BCUT2D eigenvalue weighted by atomic mass is 10.3. The fraction of sp³-hybridized carbons (Fsp3) is 0.143. The molecule has 0 aliphatic carbocycles. The minimum Gasteiger partial charge on any atom is -0.430 e. The highest BCUT2D eigenvalue weighted by molar-refractivity contribution is 7.86. The van der Waals surface area contributed by atoms with Crippen LogP contribution in [0.3, 0.4) is 0 Å². The van der Waals surface area contributed by atoms with Crippen LogP contribution in [0.1, 0.15) is 0 Å². The van der Waals surface area contributed by atoms with Gasteiger partial charge in [0.25, 0.3) is 0 Å². The van der Waals surface area contributed by atoms with Crippen LogP contribution >= 0.6 is 29.6 Å². The molecule has 0 radical (unpaired) electrons. The summed E-state index contributed by atoms with van der Waals surface area (Å²) in [7, 11) is 0. The van der Waals surface area contributed by atoms with E-state index in [0.717, 1.165) is 0 Å². The van der Waals surface area contributed by atoms with Crippen molar-refractivity contribution in [1.82, 2.24) is 0 Å². The molecule has 0 aromatic heterocycles. The second-order valence-corrected chi connectivity index (χ2v) is 6.20. The summed E-state index contributed by atoms with van der Waals surface area (Å²) < 4.78 is 16.2. The summed E-state index contributed by atoms with van der Waals surface area (Å²) in [6, 6.07) is 6.65. The molecular weight excluding hydrogens is 232 g/mol. The van der Waals surface area contributed by atoms with Crippen molar-refractivity contribution in [3.8, 4) is 5.75 Å². The summed E-state index contributed by atoms with van der Waals surface area (Å²) in [6.45, 7) is -3.26. The minimum absolute atomic E-state index is 0.247. The maximum Gasteiger partial charge on any atom is 0.351 e. The molecule has 3 nitrogen and oxygen atoms in total. The molecule has 0 heterocycles. The molecule has 13 heavy (non-hydrogen) atoms. The molecule has 0 aliphatic heterocycles. The molecule has 0 amide bonds. The van der Waals surface area contributed by atoms with Crippen molar-refractivity contribution in [3.05, 3.63) is 24.3 Å². The van der Waals surface area contributed by atoms with Gasteiger partial charge in [-0.15, -0.1) is 11.6 Å². The number of benzene rings is 1. The van der Waals surface area contributed by atoms with E-state index < -0.39 is 6.72 Å². The van der Waals surface area contributed by atoms with Gasteiger partial charge in [-0.05, 0) is 23.4 Å². The van der Waals surface area contributed by atoms with E-state index >= 15 is 0 Å². The van der Waals surface area contributed by atoms with E-state index in [1.807, 2.05) is 0 Å². The van der Waals surface area contributed by atoms with E-state index in [-0.39, 0.29) is 5.62 Å². The van der Waals surface area contributed by atoms with Crippen molar-refractivity contribution in [2.45, 2.75) is 0 Å². The Hall–Kier alpha value is -0.370. The predicted molar refractivity (Wildman–Crippen MR) is 55.7 cm³/mol. The molecule has 0 saturated heterocycles. The molecule has 1 unspecified atom stereocenters. The topological polar surface area (TPSA) is 52.3 Å². The fourth-order valence-electron chi connectivity index (χ4n) is 0.735. The zero-order chi connectivity index (χ0) is 9.90. The molecule has 0 fully saturated rings. The minimum atomic E-state index is -3.26. The van der Waals surface area contributed by atoms with Crippen molar-refractivity contribution in [2.24, 2.45) is 0 Å². The molecule has 1 aromatic rings. The summed E-state index contributed by atoms with van der Waals surface area (Å²) in [5.41, 5.74) is 5.67. The number of anilines is 1. The Morgan fingerprint density at radius 1 is 1.46 bits per heavy atom. The predicted octanol–water partition coefficient (Wildman–Crippen LogP) is 3.28. The number of rotatable bonds is 3. The van der Waals surface area contributed by atoms with Crippen LogP contribution in [0.4, 0.5) is 5.69 Å². The molecule has 1 rings (SSSR count). The highest BCUT2D eigenvalue weighted by atomic mass is 35.7. The molecule has 1 aromatic carbocycles. The van der Waals surface area contributed by atoms with Gasteiger partial charge in [0.1, 0.15) is 5.62 Å². The van der Waals surface area contributed by atoms with Gasteiger partial charge in [-0.3, -0.25) is 4.57 Å². The van der Waals surface area contributed by atoms with Gasteiger partial charge in [0, 0.05) is 0 Å². The molecular formula is C7H8Cl2NO2P. The molecule has 0 aliphatic rings. The smallest absolute Gasteiger partial charge is 0.351 e. The van der Waals surface area contributed by atoms with E-state index in [1.54, 1.807) is 24.3 Å². The van der Waals surface area contributed by atoms with Crippen molar-refractivity contribution >= 4 is 35.3 Å². The van der Waals surface area contributed by atoms with Crippen LogP contribution in [-0.2, 0) is 4.57 Å². The first-order chi connectivity index (χ1) is 6.05. The maximum atomic E-state index is 11.3. The van der Waals surface area contributed by atoms with Crippen LogP contribution < -0.4 is 10.3 Å². The zero-order valence-electron chi connectivity index (χ0n) is 6.61. The third-order valence-corrected chi connectivity index (χ3v) is 3.93. The van der Waals surface area contributed by atoms with Gasteiger partial charge < -0.3 is 10.3 Å². The Kier molecular flexibility index (Phi) is 3.48. The standard InChI is InChI=1S/C7H8Cl2NO2P/c8-5-13(9,11)12-7-4-2-1-3-6(7)10/h1-4H,5,10H2. The lowest BCUT2D eigenvalue weighted by Gasteiger charge is -2.11. The van der Waals surface area contributed by atoms with Crippen LogP contribution in [-0.4, -0.2) is 5.62 Å².